The van der Waals surface area contributed by atoms with Crippen LogP contribution in [-0.4, -0.2) is 4.98 Å². The summed E-state index contributed by atoms with van der Waals surface area (Å²) >= 11 is 1.68. The van der Waals surface area contributed by atoms with Gasteiger partial charge in [0.2, 0.25) is 0 Å². The monoisotopic (exact) mass is 214 g/mol. The van der Waals surface area contributed by atoms with E-state index in [9.17, 15) is 0 Å². The molecule has 5 heteroatoms. The fourth-order valence-corrected chi connectivity index (χ4v) is 1.36. The molecule has 0 spiro atoms. The second-order valence-electron chi connectivity index (χ2n) is 1.79. The van der Waals surface area contributed by atoms with Crippen molar-refractivity contribution >= 4 is 36.2 Å². The van der Waals surface area contributed by atoms with E-state index in [0.717, 1.165) is 12.1 Å². The average Bonchev–Trinajstić information content (AvgIpc) is 2.34. The van der Waals surface area contributed by atoms with E-state index in [-0.39, 0.29) is 24.8 Å². The number of aromatic nitrogens is 1. The van der Waals surface area contributed by atoms with Gasteiger partial charge in [0, 0.05) is 11.9 Å². The van der Waals surface area contributed by atoms with Crippen LogP contribution >= 0.6 is 36.2 Å². The van der Waals surface area contributed by atoms with Crippen molar-refractivity contribution in [3.63, 3.8) is 0 Å². The maximum absolute atomic E-state index is 5.36. The summed E-state index contributed by atoms with van der Waals surface area (Å²) in [5, 5.41) is 3.19. The van der Waals surface area contributed by atoms with E-state index in [0.29, 0.717) is 6.54 Å². The Balaban J connectivity index is 0. The van der Waals surface area contributed by atoms with Crippen LogP contribution in [0.25, 0.3) is 0 Å². The Morgan fingerprint density at radius 2 is 2.18 bits per heavy atom. The minimum atomic E-state index is 0. The third-order valence-electron chi connectivity index (χ3n) is 1.11. The Hall–Kier alpha value is 0.170. The lowest BCUT2D eigenvalue weighted by atomic mass is 10.5. The number of thiazole rings is 1. The summed E-state index contributed by atoms with van der Waals surface area (Å²) in [6, 6.07) is 0. The molecule has 0 fully saturated rings. The lowest BCUT2D eigenvalue weighted by molar-refractivity contribution is 0.973. The molecule has 1 rings (SSSR count). The highest BCUT2D eigenvalue weighted by atomic mass is 35.5. The lowest BCUT2D eigenvalue weighted by Gasteiger charge is -1.83. The minimum absolute atomic E-state index is 0. The van der Waals surface area contributed by atoms with Crippen LogP contribution in [0, 0.1) is 0 Å². The van der Waals surface area contributed by atoms with Gasteiger partial charge in [-0.2, -0.15) is 0 Å². The zero-order valence-electron chi connectivity index (χ0n) is 6.24. The van der Waals surface area contributed by atoms with Gasteiger partial charge in [-0.25, -0.2) is 4.98 Å². The van der Waals surface area contributed by atoms with Gasteiger partial charge < -0.3 is 5.73 Å². The molecule has 2 nitrogen and oxygen atoms in total. The van der Waals surface area contributed by atoms with E-state index in [1.165, 1.54) is 5.01 Å². The first-order chi connectivity index (χ1) is 4.36. The molecule has 1 aromatic heterocycles. The molecule has 0 amide bonds. The molecule has 66 valence electrons. The van der Waals surface area contributed by atoms with Gasteiger partial charge in [0.15, 0.2) is 0 Å². The molecule has 0 saturated carbocycles. The van der Waals surface area contributed by atoms with Gasteiger partial charge in [0.25, 0.3) is 0 Å². The van der Waals surface area contributed by atoms with Gasteiger partial charge in [0.1, 0.15) is 0 Å². The first kappa shape index (κ1) is 13.7. The normalized spacial score (nSPS) is 8.18. The van der Waals surface area contributed by atoms with Crippen molar-refractivity contribution in [2.24, 2.45) is 5.73 Å². The molecule has 0 aliphatic rings. The summed E-state index contributed by atoms with van der Waals surface area (Å²) in [4.78, 5) is 4.24. The molecule has 0 bridgehead atoms. The van der Waals surface area contributed by atoms with Crippen molar-refractivity contribution in [1.29, 1.82) is 0 Å². The van der Waals surface area contributed by atoms with Crippen LogP contribution in [0.1, 0.15) is 17.6 Å². The standard InChI is InChI=1S/C6H10N2S.2ClH/c1-2-6-8-5(3-7)4-9-6;;/h4H,2-3,7H2,1H3;2*1H. The topological polar surface area (TPSA) is 38.9 Å². The van der Waals surface area contributed by atoms with Crippen molar-refractivity contribution in [3.05, 3.63) is 16.1 Å². The third kappa shape index (κ3) is 3.91. The second kappa shape index (κ2) is 6.85. The van der Waals surface area contributed by atoms with Gasteiger partial charge in [-0.05, 0) is 6.42 Å². The number of hydrogen-bond acceptors (Lipinski definition) is 3. The maximum atomic E-state index is 5.36. The van der Waals surface area contributed by atoms with Gasteiger partial charge in [-0.3, -0.25) is 0 Å². The zero-order chi connectivity index (χ0) is 6.69. The van der Waals surface area contributed by atoms with Crippen LogP contribution in [0.4, 0.5) is 0 Å². The van der Waals surface area contributed by atoms with E-state index in [1.54, 1.807) is 11.3 Å². The van der Waals surface area contributed by atoms with Crippen molar-refractivity contribution in [2.75, 3.05) is 0 Å². The molecule has 0 aliphatic carbocycles. The predicted molar refractivity (Wildman–Crippen MR) is 53.9 cm³/mol. The fourth-order valence-electron chi connectivity index (χ4n) is 0.605. The number of aryl methyl sites for hydroxylation is 1. The van der Waals surface area contributed by atoms with Crippen LogP contribution in [0.5, 0.6) is 0 Å². The average molecular weight is 215 g/mol. The molecule has 0 radical (unpaired) electrons. The number of hydrogen-bond donors (Lipinski definition) is 1. The summed E-state index contributed by atoms with van der Waals surface area (Å²) in [5.74, 6) is 0. The molecular formula is C6H12Cl2N2S. The molecular weight excluding hydrogens is 203 g/mol. The van der Waals surface area contributed by atoms with Crippen LogP contribution in [-0.2, 0) is 13.0 Å². The smallest absolute Gasteiger partial charge is 0.0926 e. The highest BCUT2D eigenvalue weighted by Gasteiger charge is 1.95. The van der Waals surface area contributed by atoms with E-state index in [2.05, 4.69) is 11.9 Å². The summed E-state index contributed by atoms with van der Waals surface area (Å²) < 4.78 is 0. The quantitative estimate of drug-likeness (QED) is 0.819. The molecule has 1 aromatic rings. The van der Waals surface area contributed by atoms with Gasteiger partial charge in [-0.15, -0.1) is 36.2 Å². The van der Waals surface area contributed by atoms with Crippen LogP contribution in [0.15, 0.2) is 5.38 Å². The van der Waals surface area contributed by atoms with Crippen LogP contribution in [0.3, 0.4) is 0 Å². The minimum Gasteiger partial charge on any atom is -0.325 e. The van der Waals surface area contributed by atoms with E-state index in [1.807, 2.05) is 5.38 Å². The molecule has 11 heavy (non-hydrogen) atoms. The summed E-state index contributed by atoms with van der Waals surface area (Å²) in [5.41, 5.74) is 6.37. The van der Waals surface area contributed by atoms with E-state index in [4.69, 9.17) is 5.73 Å². The van der Waals surface area contributed by atoms with Crippen molar-refractivity contribution in [3.8, 4) is 0 Å². The SMILES string of the molecule is CCc1nc(CN)cs1.Cl.Cl. The number of halogens is 2. The Morgan fingerprint density at radius 1 is 1.55 bits per heavy atom. The molecule has 0 aromatic carbocycles. The first-order valence-corrected chi connectivity index (χ1v) is 3.88. The first-order valence-electron chi connectivity index (χ1n) is 3.00. The summed E-state index contributed by atoms with van der Waals surface area (Å²) in [6.45, 7) is 2.66. The Labute approximate surface area is 83.0 Å². The van der Waals surface area contributed by atoms with Gasteiger partial charge >= 0.3 is 0 Å². The summed E-state index contributed by atoms with van der Waals surface area (Å²) in [7, 11) is 0. The molecule has 0 atom stereocenters. The Kier molecular flexibility index (Phi) is 8.56. The zero-order valence-corrected chi connectivity index (χ0v) is 8.69. The van der Waals surface area contributed by atoms with E-state index >= 15 is 0 Å². The molecule has 0 aliphatic heterocycles. The largest absolute Gasteiger partial charge is 0.325 e. The highest BCUT2D eigenvalue weighted by molar-refractivity contribution is 7.09. The Morgan fingerprint density at radius 3 is 2.45 bits per heavy atom. The van der Waals surface area contributed by atoms with Gasteiger partial charge in [-0.1, -0.05) is 6.92 Å². The predicted octanol–water partition coefficient (Wildman–Crippen LogP) is 2.01. The lowest BCUT2D eigenvalue weighted by Crippen LogP contribution is -1.95. The van der Waals surface area contributed by atoms with Crippen molar-refractivity contribution in [1.82, 2.24) is 4.98 Å². The van der Waals surface area contributed by atoms with Crippen LogP contribution in [0.2, 0.25) is 0 Å². The molecule has 1 heterocycles. The Bertz CT molecular complexity index is 172. The second-order valence-corrected chi connectivity index (χ2v) is 2.73. The third-order valence-corrected chi connectivity index (χ3v) is 2.15. The number of nitrogens with zero attached hydrogens (tertiary/aromatic N) is 1. The summed E-state index contributed by atoms with van der Waals surface area (Å²) in [6.07, 6.45) is 1.02. The molecule has 2 N–H and O–H groups in total. The van der Waals surface area contributed by atoms with Crippen molar-refractivity contribution < 1.29 is 0 Å². The number of nitrogens with two attached hydrogens (primary N) is 1. The molecule has 0 saturated heterocycles. The van der Waals surface area contributed by atoms with E-state index < -0.39 is 0 Å². The van der Waals surface area contributed by atoms with Crippen molar-refractivity contribution in [2.45, 2.75) is 19.9 Å². The van der Waals surface area contributed by atoms with Gasteiger partial charge in [0.05, 0.1) is 10.7 Å². The highest BCUT2D eigenvalue weighted by Crippen LogP contribution is 2.08. The van der Waals surface area contributed by atoms with Crippen LogP contribution < -0.4 is 5.73 Å². The fraction of sp³-hybridized carbons (Fsp3) is 0.500. The molecule has 0 unspecified atom stereocenters. The maximum Gasteiger partial charge on any atom is 0.0926 e. The number of rotatable bonds is 2.